The fourth-order valence-electron chi connectivity index (χ4n) is 3.97. The lowest BCUT2D eigenvalue weighted by Gasteiger charge is -2.17. The SMILES string of the molecule is COc1ccccc1C(C)NC(=O)CSc1nc2c(n1-c1ccccc1)CCCC2. The van der Waals surface area contributed by atoms with Gasteiger partial charge in [0.1, 0.15) is 5.75 Å². The molecule has 1 aliphatic carbocycles. The number of aryl methyl sites for hydroxylation is 1. The van der Waals surface area contributed by atoms with Crippen molar-refractivity contribution in [3.63, 3.8) is 0 Å². The van der Waals surface area contributed by atoms with Crippen molar-refractivity contribution in [1.29, 1.82) is 0 Å². The minimum atomic E-state index is -0.128. The second-order valence-electron chi connectivity index (χ2n) is 7.49. The number of rotatable bonds is 7. The van der Waals surface area contributed by atoms with Crippen LogP contribution in [-0.4, -0.2) is 28.3 Å². The summed E-state index contributed by atoms with van der Waals surface area (Å²) in [6, 6.07) is 18.0. The summed E-state index contributed by atoms with van der Waals surface area (Å²) in [5.41, 5.74) is 4.55. The molecule has 0 saturated carbocycles. The minimum Gasteiger partial charge on any atom is -0.496 e. The predicted octanol–water partition coefficient (Wildman–Crippen LogP) is 4.73. The average molecular weight is 422 g/mol. The molecule has 5 nitrogen and oxygen atoms in total. The molecule has 4 rings (SSSR count). The van der Waals surface area contributed by atoms with Gasteiger partial charge in [0.2, 0.25) is 5.91 Å². The molecule has 156 valence electrons. The number of carbonyl (C=O) groups excluding carboxylic acids is 1. The highest BCUT2D eigenvalue weighted by Gasteiger charge is 2.22. The Morgan fingerprint density at radius 2 is 1.87 bits per heavy atom. The Morgan fingerprint density at radius 3 is 2.67 bits per heavy atom. The topological polar surface area (TPSA) is 56.1 Å². The van der Waals surface area contributed by atoms with E-state index >= 15 is 0 Å². The third kappa shape index (κ3) is 4.38. The second-order valence-corrected chi connectivity index (χ2v) is 8.43. The summed E-state index contributed by atoms with van der Waals surface area (Å²) in [5, 5.41) is 3.98. The van der Waals surface area contributed by atoms with Crippen molar-refractivity contribution in [3.8, 4) is 11.4 Å². The van der Waals surface area contributed by atoms with Crippen LogP contribution < -0.4 is 10.1 Å². The number of carbonyl (C=O) groups is 1. The van der Waals surface area contributed by atoms with E-state index in [1.807, 2.05) is 49.4 Å². The van der Waals surface area contributed by atoms with Crippen molar-refractivity contribution >= 4 is 17.7 Å². The van der Waals surface area contributed by atoms with Crippen LogP contribution in [0, 0.1) is 0 Å². The number of thioether (sulfide) groups is 1. The van der Waals surface area contributed by atoms with Gasteiger partial charge in [0.05, 0.1) is 24.6 Å². The van der Waals surface area contributed by atoms with E-state index in [0.717, 1.165) is 35.0 Å². The van der Waals surface area contributed by atoms with E-state index in [2.05, 4.69) is 22.0 Å². The lowest BCUT2D eigenvalue weighted by molar-refractivity contribution is -0.119. The molecule has 3 aromatic rings. The van der Waals surface area contributed by atoms with Crippen LogP contribution in [0.3, 0.4) is 0 Å². The van der Waals surface area contributed by atoms with Crippen LogP contribution in [0.1, 0.15) is 42.8 Å². The van der Waals surface area contributed by atoms with Crippen LogP contribution in [0.15, 0.2) is 59.8 Å². The normalized spacial score (nSPS) is 14.1. The molecule has 0 bridgehead atoms. The van der Waals surface area contributed by atoms with Crippen LogP contribution >= 0.6 is 11.8 Å². The van der Waals surface area contributed by atoms with Gasteiger partial charge in [0.15, 0.2) is 5.16 Å². The molecule has 1 aromatic heterocycles. The Hall–Kier alpha value is -2.73. The number of amides is 1. The Morgan fingerprint density at radius 1 is 1.13 bits per heavy atom. The molecule has 1 amide bonds. The van der Waals surface area contributed by atoms with Crippen molar-refractivity contribution in [2.24, 2.45) is 0 Å². The minimum absolute atomic E-state index is 0.0148. The number of nitrogens with one attached hydrogen (secondary N) is 1. The zero-order valence-electron chi connectivity index (χ0n) is 17.4. The Balaban J connectivity index is 1.48. The number of fused-ring (bicyclic) bond motifs is 1. The van der Waals surface area contributed by atoms with E-state index in [4.69, 9.17) is 9.72 Å². The molecule has 0 fully saturated rings. The van der Waals surface area contributed by atoms with Crippen LogP contribution in [0.2, 0.25) is 0 Å². The van der Waals surface area contributed by atoms with Crippen molar-refractivity contribution in [2.75, 3.05) is 12.9 Å². The first-order chi connectivity index (χ1) is 14.7. The fourth-order valence-corrected chi connectivity index (χ4v) is 4.83. The van der Waals surface area contributed by atoms with Gasteiger partial charge in [0, 0.05) is 16.9 Å². The summed E-state index contributed by atoms with van der Waals surface area (Å²) in [7, 11) is 1.65. The van der Waals surface area contributed by atoms with E-state index in [-0.39, 0.29) is 11.9 Å². The van der Waals surface area contributed by atoms with Crippen LogP contribution in [-0.2, 0) is 17.6 Å². The molecular formula is C24H27N3O2S. The van der Waals surface area contributed by atoms with Crippen LogP contribution in [0.4, 0.5) is 0 Å². The lowest BCUT2D eigenvalue weighted by Crippen LogP contribution is -2.28. The van der Waals surface area contributed by atoms with E-state index in [0.29, 0.717) is 5.75 Å². The molecular weight excluding hydrogens is 394 g/mol. The molecule has 1 atom stereocenters. The van der Waals surface area contributed by atoms with Gasteiger partial charge in [-0.3, -0.25) is 9.36 Å². The van der Waals surface area contributed by atoms with Crippen molar-refractivity contribution in [3.05, 3.63) is 71.5 Å². The highest BCUT2D eigenvalue weighted by molar-refractivity contribution is 7.99. The predicted molar refractivity (Wildman–Crippen MR) is 120 cm³/mol. The van der Waals surface area contributed by atoms with E-state index < -0.39 is 0 Å². The zero-order chi connectivity index (χ0) is 20.9. The average Bonchev–Trinajstić information content (AvgIpc) is 3.16. The number of hydrogen-bond donors (Lipinski definition) is 1. The maximum atomic E-state index is 12.7. The summed E-state index contributed by atoms with van der Waals surface area (Å²) in [5.74, 6) is 1.09. The number of hydrogen-bond acceptors (Lipinski definition) is 4. The van der Waals surface area contributed by atoms with Gasteiger partial charge < -0.3 is 10.1 Å². The number of benzene rings is 2. The largest absolute Gasteiger partial charge is 0.496 e. The standard InChI is InChI=1S/C24H27N3O2S/c1-17(19-12-6-9-15-22(19)29-2)25-23(28)16-30-24-26-20-13-7-8-14-21(20)27(24)18-10-4-3-5-11-18/h3-6,9-12,15,17H,7-8,13-14,16H2,1-2H3,(H,25,28). The Kier molecular flexibility index (Phi) is 6.43. The fraction of sp³-hybridized carbons (Fsp3) is 0.333. The molecule has 30 heavy (non-hydrogen) atoms. The van der Waals surface area contributed by atoms with Gasteiger partial charge in [-0.05, 0) is 50.8 Å². The van der Waals surface area contributed by atoms with Crippen molar-refractivity contribution < 1.29 is 9.53 Å². The monoisotopic (exact) mass is 421 g/mol. The van der Waals surface area contributed by atoms with Crippen LogP contribution in [0.25, 0.3) is 5.69 Å². The van der Waals surface area contributed by atoms with Gasteiger partial charge in [-0.15, -0.1) is 0 Å². The lowest BCUT2D eigenvalue weighted by atomic mass is 10.0. The summed E-state index contributed by atoms with van der Waals surface area (Å²) in [6.07, 6.45) is 4.42. The molecule has 0 radical (unpaired) electrons. The number of ether oxygens (including phenoxy) is 1. The molecule has 1 aliphatic rings. The molecule has 0 saturated heterocycles. The second kappa shape index (κ2) is 9.39. The number of para-hydroxylation sites is 2. The molecule has 6 heteroatoms. The molecule has 1 heterocycles. The molecule has 0 aliphatic heterocycles. The van der Waals surface area contributed by atoms with E-state index in [9.17, 15) is 4.79 Å². The Bertz CT molecular complexity index is 1020. The maximum absolute atomic E-state index is 12.7. The number of aromatic nitrogens is 2. The first kappa shape index (κ1) is 20.5. The van der Waals surface area contributed by atoms with E-state index in [1.54, 1.807) is 7.11 Å². The number of nitrogens with zero attached hydrogens (tertiary/aromatic N) is 2. The molecule has 1 unspecified atom stereocenters. The van der Waals surface area contributed by atoms with Gasteiger partial charge in [-0.2, -0.15) is 0 Å². The highest BCUT2D eigenvalue weighted by Crippen LogP contribution is 2.31. The number of methoxy groups -OCH3 is 1. The first-order valence-electron chi connectivity index (χ1n) is 10.4. The first-order valence-corrected chi connectivity index (χ1v) is 11.4. The van der Waals surface area contributed by atoms with Gasteiger partial charge in [-0.1, -0.05) is 48.2 Å². The molecule has 1 N–H and O–H groups in total. The quantitative estimate of drug-likeness (QED) is 0.561. The summed E-state index contributed by atoms with van der Waals surface area (Å²) in [6.45, 7) is 1.98. The van der Waals surface area contributed by atoms with Gasteiger partial charge in [-0.25, -0.2) is 4.98 Å². The zero-order valence-corrected chi connectivity index (χ0v) is 18.2. The third-order valence-corrected chi connectivity index (χ3v) is 6.37. The summed E-state index contributed by atoms with van der Waals surface area (Å²) < 4.78 is 7.65. The smallest absolute Gasteiger partial charge is 0.230 e. The summed E-state index contributed by atoms with van der Waals surface area (Å²) >= 11 is 1.50. The van der Waals surface area contributed by atoms with Gasteiger partial charge >= 0.3 is 0 Å². The molecule has 2 aromatic carbocycles. The van der Waals surface area contributed by atoms with Crippen molar-refractivity contribution in [2.45, 2.75) is 43.8 Å². The summed E-state index contributed by atoms with van der Waals surface area (Å²) in [4.78, 5) is 17.6. The van der Waals surface area contributed by atoms with Gasteiger partial charge in [0.25, 0.3) is 0 Å². The third-order valence-electron chi connectivity index (χ3n) is 5.43. The highest BCUT2D eigenvalue weighted by atomic mass is 32.2. The Labute approximate surface area is 181 Å². The van der Waals surface area contributed by atoms with E-state index in [1.165, 1.54) is 36.0 Å². The van der Waals surface area contributed by atoms with Crippen molar-refractivity contribution in [1.82, 2.24) is 14.9 Å². The number of imidazole rings is 1. The maximum Gasteiger partial charge on any atom is 0.230 e. The van der Waals surface area contributed by atoms with Crippen LogP contribution in [0.5, 0.6) is 5.75 Å². The molecule has 0 spiro atoms.